The number of sulfone groups is 1. The van der Waals surface area contributed by atoms with Gasteiger partial charge >= 0.3 is 0 Å². The Balaban J connectivity index is 2.18. The van der Waals surface area contributed by atoms with Gasteiger partial charge in [0.1, 0.15) is 12.3 Å². The molecule has 0 aromatic heterocycles. The molecule has 1 unspecified atom stereocenters. The first-order valence-corrected chi connectivity index (χ1v) is 10.4. The number of nitrogens with one attached hydrogen (secondary N) is 2. The Morgan fingerprint density at radius 2 is 1.83 bits per heavy atom. The normalized spacial score (nSPS) is 11.7. The Morgan fingerprint density at radius 3 is 2.48 bits per heavy atom. The lowest BCUT2D eigenvalue weighted by Gasteiger charge is -2.18. The summed E-state index contributed by atoms with van der Waals surface area (Å²) in [5.41, 5.74) is 0.783. The summed E-state index contributed by atoms with van der Waals surface area (Å²) in [5.74, 6) is -1.28. The molecule has 9 heteroatoms. The van der Waals surface area contributed by atoms with Gasteiger partial charge in [-0.15, -0.1) is 0 Å². The third-order valence-corrected chi connectivity index (χ3v) is 6.04. The molecule has 0 aliphatic rings. The van der Waals surface area contributed by atoms with Crippen LogP contribution in [0.15, 0.2) is 54.6 Å². The number of ether oxygens (including phenoxy) is 1. The van der Waals surface area contributed by atoms with Crippen LogP contribution >= 0.6 is 0 Å². The van der Waals surface area contributed by atoms with Crippen LogP contribution in [0.25, 0.3) is 0 Å². The second-order valence-corrected chi connectivity index (χ2v) is 8.28. The Morgan fingerprint density at radius 1 is 1.10 bits per heavy atom. The minimum atomic E-state index is -3.96. The highest BCUT2D eigenvalue weighted by Crippen LogP contribution is 2.14. The summed E-state index contributed by atoms with van der Waals surface area (Å²) in [5, 5.41) is 11.9. The fourth-order valence-electron chi connectivity index (χ4n) is 2.58. The van der Waals surface area contributed by atoms with E-state index in [4.69, 9.17) is 10.00 Å². The van der Waals surface area contributed by atoms with Crippen LogP contribution in [0.2, 0.25) is 0 Å². The predicted molar refractivity (Wildman–Crippen MR) is 107 cm³/mol. The van der Waals surface area contributed by atoms with Crippen molar-refractivity contribution in [1.82, 2.24) is 10.6 Å². The molecule has 0 saturated carbocycles. The molecule has 0 heterocycles. The van der Waals surface area contributed by atoms with Gasteiger partial charge < -0.3 is 15.4 Å². The van der Waals surface area contributed by atoms with Crippen molar-refractivity contribution in [2.45, 2.75) is 11.0 Å². The Kier molecular flexibility index (Phi) is 7.74. The molecule has 8 nitrogen and oxygen atoms in total. The summed E-state index contributed by atoms with van der Waals surface area (Å²) in [7, 11) is -2.50. The Bertz CT molecular complexity index is 1000. The summed E-state index contributed by atoms with van der Waals surface area (Å²) < 4.78 is 30.7. The van der Waals surface area contributed by atoms with E-state index in [-0.39, 0.29) is 17.9 Å². The Labute approximate surface area is 169 Å². The standard InChI is InChI=1S/C20H21N3O5S/c1-28-17-9-5-8-16(12-17)19(24)23-13-18(20(25)22-11-10-21)29(26,27)14-15-6-3-2-4-7-15/h2-9,12,18H,11,13-14H2,1H3,(H,22,25)(H,23,24). The van der Waals surface area contributed by atoms with Crippen molar-refractivity contribution in [3.8, 4) is 11.8 Å². The number of hydrogen-bond donors (Lipinski definition) is 2. The van der Waals surface area contributed by atoms with Crippen LogP contribution in [0.3, 0.4) is 0 Å². The van der Waals surface area contributed by atoms with Gasteiger partial charge in [-0.3, -0.25) is 9.59 Å². The van der Waals surface area contributed by atoms with E-state index in [1.165, 1.54) is 13.2 Å². The maximum absolute atomic E-state index is 12.8. The van der Waals surface area contributed by atoms with Crippen LogP contribution in [0.1, 0.15) is 15.9 Å². The molecule has 2 aromatic rings. The van der Waals surface area contributed by atoms with Crippen LogP contribution in [0.4, 0.5) is 0 Å². The third-order valence-electron chi connectivity index (χ3n) is 4.06. The highest BCUT2D eigenvalue weighted by Gasteiger charge is 2.33. The van der Waals surface area contributed by atoms with E-state index in [1.54, 1.807) is 54.6 Å². The number of rotatable bonds is 9. The Hall–Kier alpha value is -3.38. The predicted octanol–water partition coefficient (Wildman–Crippen LogP) is 1.05. The van der Waals surface area contributed by atoms with Gasteiger partial charge in [-0.2, -0.15) is 5.26 Å². The molecule has 0 fully saturated rings. The first kappa shape index (κ1) is 21.9. The van der Waals surface area contributed by atoms with Crippen LogP contribution < -0.4 is 15.4 Å². The molecule has 0 spiro atoms. The second-order valence-electron chi connectivity index (χ2n) is 6.10. The van der Waals surface area contributed by atoms with Crippen LogP contribution in [0.5, 0.6) is 5.75 Å². The lowest BCUT2D eigenvalue weighted by Crippen LogP contribution is -2.47. The van der Waals surface area contributed by atoms with E-state index in [9.17, 15) is 18.0 Å². The van der Waals surface area contributed by atoms with Crippen LogP contribution in [-0.2, 0) is 20.4 Å². The molecule has 29 heavy (non-hydrogen) atoms. The molecule has 2 amide bonds. The summed E-state index contributed by atoms with van der Waals surface area (Å²) in [6.07, 6.45) is 0. The number of carbonyl (C=O) groups is 2. The van der Waals surface area contributed by atoms with Gasteiger partial charge in [0, 0.05) is 12.1 Å². The molecule has 1 atom stereocenters. The van der Waals surface area contributed by atoms with Gasteiger partial charge in [0.2, 0.25) is 5.91 Å². The zero-order valence-corrected chi connectivity index (χ0v) is 16.6. The van der Waals surface area contributed by atoms with E-state index in [0.29, 0.717) is 11.3 Å². The molecular formula is C20H21N3O5S. The molecule has 0 radical (unpaired) electrons. The minimum absolute atomic E-state index is 0.265. The zero-order chi connectivity index (χ0) is 21.3. The highest BCUT2D eigenvalue weighted by molar-refractivity contribution is 7.92. The quantitative estimate of drug-likeness (QED) is 0.590. The van der Waals surface area contributed by atoms with Crippen molar-refractivity contribution in [2.24, 2.45) is 0 Å². The van der Waals surface area contributed by atoms with Crippen molar-refractivity contribution in [2.75, 3.05) is 20.2 Å². The third kappa shape index (κ3) is 6.33. The minimum Gasteiger partial charge on any atom is -0.497 e. The monoisotopic (exact) mass is 415 g/mol. The second kappa shape index (κ2) is 10.2. The van der Waals surface area contributed by atoms with Crippen molar-refractivity contribution >= 4 is 21.7 Å². The lowest BCUT2D eigenvalue weighted by molar-refractivity contribution is -0.120. The average molecular weight is 415 g/mol. The summed E-state index contributed by atoms with van der Waals surface area (Å²) in [4.78, 5) is 24.8. The number of benzene rings is 2. The first-order valence-electron chi connectivity index (χ1n) is 8.70. The van der Waals surface area contributed by atoms with Crippen molar-refractivity contribution in [1.29, 1.82) is 5.26 Å². The fourth-order valence-corrected chi connectivity index (χ4v) is 4.19. The molecular weight excluding hydrogens is 394 g/mol. The van der Waals surface area contributed by atoms with E-state index < -0.39 is 33.4 Å². The smallest absolute Gasteiger partial charge is 0.251 e. The summed E-state index contributed by atoms with van der Waals surface area (Å²) in [6.45, 7) is -0.761. The molecule has 0 aliphatic carbocycles. The van der Waals surface area contributed by atoms with Gasteiger partial charge in [-0.1, -0.05) is 36.4 Å². The van der Waals surface area contributed by atoms with Crippen LogP contribution in [-0.4, -0.2) is 45.7 Å². The first-order chi connectivity index (χ1) is 13.9. The summed E-state index contributed by atoms with van der Waals surface area (Å²) >= 11 is 0. The molecule has 2 aromatic carbocycles. The van der Waals surface area contributed by atoms with E-state index >= 15 is 0 Å². The largest absolute Gasteiger partial charge is 0.497 e. The summed E-state index contributed by atoms with van der Waals surface area (Å²) in [6, 6.07) is 16.5. The number of carbonyl (C=O) groups excluding carboxylic acids is 2. The highest BCUT2D eigenvalue weighted by atomic mass is 32.2. The van der Waals surface area contributed by atoms with Gasteiger partial charge in [-0.05, 0) is 23.8 Å². The van der Waals surface area contributed by atoms with Crippen molar-refractivity contribution < 1.29 is 22.7 Å². The van der Waals surface area contributed by atoms with Gasteiger partial charge in [0.25, 0.3) is 5.91 Å². The molecule has 0 bridgehead atoms. The van der Waals surface area contributed by atoms with Crippen LogP contribution in [0, 0.1) is 11.3 Å². The van der Waals surface area contributed by atoms with Gasteiger partial charge in [0.15, 0.2) is 15.1 Å². The van der Waals surface area contributed by atoms with Gasteiger partial charge in [0.05, 0.1) is 18.9 Å². The number of hydrogen-bond acceptors (Lipinski definition) is 6. The maximum Gasteiger partial charge on any atom is 0.251 e. The fraction of sp³-hybridized carbons (Fsp3) is 0.250. The zero-order valence-electron chi connectivity index (χ0n) is 15.8. The molecule has 152 valence electrons. The maximum atomic E-state index is 12.8. The number of methoxy groups -OCH3 is 1. The molecule has 0 aliphatic heterocycles. The average Bonchev–Trinajstić information content (AvgIpc) is 2.72. The molecule has 2 N–H and O–H groups in total. The van der Waals surface area contributed by atoms with Crippen molar-refractivity contribution in [3.63, 3.8) is 0 Å². The molecule has 0 saturated heterocycles. The van der Waals surface area contributed by atoms with Crippen molar-refractivity contribution in [3.05, 3.63) is 65.7 Å². The van der Waals surface area contributed by atoms with Gasteiger partial charge in [-0.25, -0.2) is 8.42 Å². The number of nitrogens with zero attached hydrogens (tertiary/aromatic N) is 1. The van der Waals surface area contributed by atoms with E-state index in [0.717, 1.165) is 0 Å². The number of nitriles is 1. The number of amides is 2. The topological polar surface area (TPSA) is 125 Å². The van der Waals surface area contributed by atoms with E-state index in [2.05, 4.69) is 10.6 Å². The molecule has 2 rings (SSSR count). The van der Waals surface area contributed by atoms with E-state index in [1.807, 2.05) is 0 Å². The SMILES string of the molecule is COc1cccc(C(=O)NCC(C(=O)NCC#N)S(=O)(=O)Cc2ccccc2)c1. The lowest BCUT2D eigenvalue weighted by atomic mass is 10.2.